The van der Waals surface area contributed by atoms with Crippen molar-refractivity contribution in [2.24, 2.45) is 5.92 Å². The van der Waals surface area contributed by atoms with Crippen LogP contribution in [0.25, 0.3) is 0 Å². The maximum Gasteiger partial charge on any atom is 0.110 e. The number of hydrogen-bond acceptors (Lipinski definition) is 2. The quantitative estimate of drug-likeness (QED) is 0.417. The summed E-state index contributed by atoms with van der Waals surface area (Å²) in [5.74, 6) is 1.06. The molecule has 0 saturated carbocycles. The molecule has 5 heteroatoms. The molecule has 0 aromatic carbocycles. The second-order valence-corrected chi connectivity index (χ2v) is 4.30. The Morgan fingerprint density at radius 3 is 2.75 bits per heavy atom. The molecule has 1 rings (SSSR count). The van der Waals surface area contributed by atoms with E-state index in [0.29, 0.717) is 17.8 Å². The summed E-state index contributed by atoms with van der Waals surface area (Å²) in [4.78, 5) is 0. The number of rotatable bonds is 3. The fourth-order valence-electron chi connectivity index (χ4n) is 1.41. The van der Waals surface area contributed by atoms with Crippen LogP contribution in [0, 0.1) is 5.92 Å². The van der Waals surface area contributed by atoms with E-state index < -0.39 is 0 Å². The largest absolute Gasteiger partial charge is 0.315 e. The first-order valence-corrected chi connectivity index (χ1v) is 5.73. The zero-order valence-electron chi connectivity index (χ0n) is 6.87. The minimum absolute atomic E-state index is 0.320. The fraction of sp³-hybridized carbons (Fsp3) is 0.714. The molecule has 0 fully saturated rings. The second kappa shape index (κ2) is 5.82. The van der Waals surface area contributed by atoms with Gasteiger partial charge in [0.1, 0.15) is 53.9 Å². The van der Waals surface area contributed by atoms with Crippen molar-refractivity contribution in [3.8, 4) is 0 Å². The Labute approximate surface area is 102 Å². The number of hydrogen-bond donors (Lipinski definition) is 0. The van der Waals surface area contributed by atoms with Crippen molar-refractivity contribution in [1.29, 1.82) is 0 Å². The van der Waals surface area contributed by atoms with Gasteiger partial charge in [0.25, 0.3) is 0 Å². The van der Waals surface area contributed by atoms with Gasteiger partial charge in [-0.15, -0.1) is 0 Å². The van der Waals surface area contributed by atoms with E-state index in [9.17, 15) is 0 Å². The SMILES string of the molecule is BC1C=CC(COI)C(OI)C1. The van der Waals surface area contributed by atoms with Crippen molar-refractivity contribution in [1.82, 2.24) is 0 Å². The monoisotopic (exact) mass is 392 g/mol. The van der Waals surface area contributed by atoms with Gasteiger partial charge in [0.05, 0.1) is 12.7 Å². The van der Waals surface area contributed by atoms with Crippen molar-refractivity contribution in [2.75, 3.05) is 6.61 Å². The summed E-state index contributed by atoms with van der Waals surface area (Å²) < 4.78 is 10.4. The van der Waals surface area contributed by atoms with E-state index in [1.165, 1.54) is 0 Å². The van der Waals surface area contributed by atoms with E-state index in [4.69, 9.17) is 6.13 Å². The third kappa shape index (κ3) is 3.15. The average molecular weight is 392 g/mol. The predicted molar refractivity (Wildman–Crippen MR) is 68.4 cm³/mol. The topological polar surface area (TPSA) is 18.5 Å². The second-order valence-electron chi connectivity index (χ2n) is 3.17. The Hall–Kier alpha value is 1.18. The van der Waals surface area contributed by atoms with Crippen LogP contribution in [0.15, 0.2) is 12.2 Å². The Balaban J connectivity index is 2.52. The summed E-state index contributed by atoms with van der Waals surface area (Å²) in [6.07, 6.45) is 5.87. The smallest absolute Gasteiger partial charge is 0.110 e. The van der Waals surface area contributed by atoms with Crippen LogP contribution in [0.4, 0.5) is 0 Å². The van der Waals surface area contributed by atoms with Crippen LogP contribution in [-0.2, 0) is 6.13 Å². The van der Waals surface area contributed by atoms with Crippen LogP contribution in [0.2, 0.25) is 5.82 Å². The minimum Gasteiger partial charge on any atom is -0.315 e. The standard InChI is InChI=1S/C7H11BI2O2/c8-6-2-1-5(4-11-9)7(3-6)12-10/h1-2,5-7H,3-4,8H2. The highest BCUT2D eigenvalue weighted by Crippen LogP contribution is 2.28. The summed E-state index contributed by atoms with van der Waals surface area (Å²) in [6, 6.07) is 0. The molecule has 0 bridgehead atoms. The van der Waals surface area contributed by atoms with Crippen LogP contribution in [0.5, 0.6) is 0 Å². The molecule has 0 spiro atoms. The van der Waals surface area contributed by atoms with Crippen molar-refractivity contribution in [3.05, 3.63) is 12.2 Å². The van der Waals surface area contributed by atoms with E-state index in [1.807, 2.05) is 46.0 Å². The maximum absolute atomic E-state index is 5.36. The summed E-state index contributed by atoms with van der Waals surface area (Å²) in [5, 5.41) is 0. The molecule has 0 saturated heterocycles. The van der Waals surface area contributed by atoms with E-state index in [2.05, 4.69) is 20.0 Å². The molecule has 2 nitrogen and oxygen atoms in total. The van der Waals surface area contributed by atoms with Crippen molar-refractivity contribution in [3.63, 3.8) is 0 Å². The van der Waals surface area contributed by atoms with Gasteiger partial charge in [-0.2, -0.15) is 0 Å². The van der Waals surface area contributed by atoms with Crippen LogP contribution in [0.3, 0.4) is 0 Å². The van der Waals surface area contributed by atoms with Gasteiger partial charge in [0.2, 0.25) is 0 Å². The Bertz CT molecular complexity index is 165. The lowest BCUT2D eigenvalue weighted by Crippen LogP contribution is -2.27. The molecule has 0 heterocycles. The number of halogens is 2. The van der Waals surface area contributed by atoms with Crippen LogP contribution in [0.1, 0.15) is 6.42 Å². The van der Waals surface area contributed by atoms with Crippen LogP contribution < -0.4 is 0 Å². The third-order valence-corrected chi connectivity index (χ3v) is 3.15. The van der Waals surface area contributed by atoms with E-state index in [1.54, 1.807) is 0 Å². The molecule has 1 aliphatic carbocycles. The summed E-state index contributed by atoms with van der Waals surface area (Å²) in [7, 11) is 2.21. The third-order valence-electron chi connectivity index (χ3n) is 2.14. The average Bonchev–Trinajstić information content (AvgIpc) is 2.08. The van der Waals surface area contributed by atoms with Crippen LogP contribution >= 0.6 is 46.0 Å². The van der Waals surface area contributed by atoms with Gasteiger partial charge in [0.15, 0.2) is 0 Å². The number of allylic oxidation sites excluding steroid dienone is 1. The van der Waals surface area contributed by atoms with Gasteiger partial charge >= 0.3 is 0 Å². The minimum atomic E-state index is 0.320. The lowest BCUT2D eigenvalue weighted by molar-refractivity contribution is 0.169. The van der Waals surface area contributed by atoms with Crippen molar-refractivity contribution >= 4 is 53.9 Å². The predicted octanol–water partition coefficient (Wildman–Crippen LogP) is 2.09. The molecule has 1 aliphatic rings. The Morgan fingerprint density at radius 1 is 1.42 bits per heavy atom. The Morgan fingerprint density at radius 2 is 2.17 bits per heavy atom. The zero-order valence-corrected chi connectivity index (χ0v) is 11.2. The van der Waals surface area contributed by atoms with Gasteiger partial charge in [-0.25, -0.2) is 0 Å². The molecule has 0 radical (unpaired) electrons. The molecule has 0 aromatic rings. The van der Waals surface area contributed by atoms with Gasteiger partial charge in [-0.3, -0.25) is 0 Å². The summed E-state index contributed by atoms with van der Waals surface area (Å²) in [5.41, 5.74) is 0. The highest BCUT2D eigenvalue weighted by Gasteiger charge is 2.24. The summed E-state index contributed by atoms with van der Waals surface area (Å²) in [6.45, 7) is 0.747. The van der Waals surface area contributed by atoms with Gasteiger partial charge in [0, 0.05) is 5.92 Å². The molecule has 68 valence electrons. The fourth-order valence-corrected chi connectivity index (χ4v) is 2.41. The summed E-state index contributed by atoms with van der Waals surface area (Å²) >= 11 is 3.91. The lowest BCUT2D eigenvalue weighted by Gasteiger charge is -2.27. The lowest BCUT2D eigenvalue weighted by atomic mass is 9.75. The molecule has 0 aromatic heterocycles. The molecule has 0 N–H and O–H groups in total. The molecule has 0 amide bonds. The molecule has 12 heavy (non-hydrogen) atoms. The zero-order chi connectivity index (χ0) is 8.97. The highest BCUT2D eigenvalue weighted by atomic mass is 127. The normalized spacial score (nSPS) is 35.3. The molecular formula is C7H11BI2O2. The van der Waals surface area contributed by atoms with Gasteiger partial charge in [-0.1, -0.05) is 12.2 Å². The van der Waals surface area contributed by atoms with E-state index in [0.717, 1.165) is 13.0 Å². The van der Waals surface area contributed by atoms with Gasteiger partial charge in [-0.05, 0) is 12.2 Å². The highest BCUT2D eigenvalue weighted by molar-refractivity contribution is 14.1. The van der Waals surface area contributed by atoms with Crippen LogP contribution in [-0.4, -0.2) is 20.6 Å². The molecule has 0 aliphatic heterocycles. The van der Waals surface area contributed by atoms with Crippen molar-refractivity contribution in [2.45, 2.75) is 18.3 Å². The molecular weight excluding hydrogens is 381 g/mol. The first kappa shape index (κ1) is 11.3. The van der Waals surface area contributed by atoms with E-state index in [-0.39, 0.29) is 0 Å². The maximum atomic E-state index is 5.36. The van der Waals surface area contributed by atoms with Crippen molar-refractivity contribution < 1.29 is 6.13 Å². The first-order valence-electron chi connectivity index (χ1n) is 3.97. The molecule has 3 atom stereocenters. The van der Waals surface area contributed by atoms with Gasteiger partial charge < -0.3 is 6.13 Å². The molecule has 3 unspecified atom stereocenters. The van der Waals surface area contributed by atoms with E-state index >= 15 is 0 Å². The Kier molecular flexibility index (Phi) is 5.46. The first-order chi connectivity index (χ1) is 5.77.